The number of hydrazine groups is 1. The Morgan fingerprint density at radius 2 is 1.92 bits per heavy atom. The van der Waals surface area contributed by atoms with Gasteiger partial charge in [-0.2, -0.15) is 0 Å². The zero-order valence-corrected chi connectivity index (χ0v) is 16.2. The Morgan fingerprint density at radius 3 is 2.64 bits per heavy atom. The minimum atomic E-state index is -0.283. The normalized spacial score (nSPS) is 18.6. The van der Waals surface area contributed by atoms with E-state index in [1.807, 2.05) is 5.01 Å². The van der Waals surface area contributed by atoms with Gasteiger partial charge in [-0.15, -0.1) is 11.3 Å². The molecule has 138 valence electrons. The number of nitrogens with one attached hydrogen (secondary N) is 2. The van der Waals surface area contributed by atoms with Gasteiger partial charge in [0.15, 0.2) is 5.11 Å². The van der Waals surface area contributed by atoms with Crippen molar-refractivity contribution < 1.29 is 14.3 Å². The molecule has 0 saturated carbocycles. The third kappa shape index (κ3) is 4.69. The lowest BCUT2D eigenvalue weighted by molar-refractivity contribution is 0.0252. The number of rotatable bonds is 3. The monoisotopic (exact) mass is 383 g/mol. The first-order chi connectivity index (χ1) is 12.2. The fourth-order valence-electron chi connectivity index (χ4n) is 3.28. The van der Waals surface area contributed by atoms with Crippen LogP contribution in [0.5, 0.6) is 0 Å². The second kappa shape index (κ2) is 8.93. The highest BCUT2D eigenvalue weighted by Gasteiger charge is 2.25. The summed E-state index contributed by atoms with van der Waals surface area (Å²) in [6.45, 7) is 2.95. The number of nitrogens with zero attached hydrogens (tertiary/aromatic N) is 1. The van der Waals surface area contributed by atoms with E-state index in [9.17, 15) is 4.79 Å². The number of esters is 1. The van der Waals surface area contributed by atoms with E-state index in [0.29, 0.717) is 23.9 Å². The molecule has 2 aliphatic rings. The first-order valence-corrected chi connectivity index (χ1v) is 10.0. The quantitative estimate of drug-likeness (QED) is 0.615. The Labute approximate surface area is 157 Å². The van der Waals surface area contributed by atoms with Crippen molar-refractivity contribution in [3.8, 4) is 0 Å². The van der Waals surface area contributed by atoms with Crippen LogP contribution in [0.25, 0.3) is 0 Å². The average Bonchev–Trinajstić information content (AvgIpc) is 2.91. The number of aryl methyl sites for hydroxylation is 1. The molecule has 0 atom stereocenters. The Kier molecular flexibility index (Phi) is 6.63. The number of carbonyl (C=O) groups excluding carboxylic acids is 1. The number of ether oxygens (including phenoxy) is 2. The number of fused-ring (bicyclic) bond motifs is 1. The highest BCUT2D eigenvalue weighted by Crippen LogP contribution is 2.37. The predicted octanol–water partition coefficient (Wildman–Crippen LogP) is 2.73. The molecule has 0 spiro atoms. The van der Waals surface area contributed by atoms with Crippen molar-refractivity contribution in [3.63, 3.8) is 0 Å². The molecule has 1 fully saturated rings. The fourth-order valence-corrected chi connectivity index (χ4v) is 4.85. The van der Waals surface area contributed by atoms with Crippen LogP contribution in [0.15, 0.2) is 0 Å². The van der Waals surface area contributed by atoms with Gasteiger partial charge in [-0.05, 0) is 43.5 Å². The van der Waals surface area contributed by atoms with E-state index in [1.54, 1.807) is 11.3 Å². The van der Waals surface area contributed by atoms with E-state index in [2.05, 4.69) is 10.7 Å². The fraction of sp³-hybridized carbons (Fsp3) is 0.647. The molecule has 1 saturated heterocycles. The molecule has 1 aromatic rings. The molecular weight excluding hydrogens is 358 g/mol. The maximum absolute atomic E-state index is 12.4. The van der Waals surface area contributed by atoms with Crippen molar-refractivity contribution in [1.82, 2.24) is 10.4 Å². The second-order valence-corrected chi connectivity index (χ2v) is 7.79. The molecular formula is C17H25N3O3S2. The van der Waals surface area contributed by atoms with Gasteiger partial charge in [0.25, 0.3) is 0 Å². The summed E-state index contributed by atoms with van der Waals surface area (Å²) in [5, 5.41) is 6.55. The summed E-state index contributed by atoms with van der Waals surface area (Å²) in [6.07, 6.45) is 6.71. The topological polar surface area (TPSA) is 62.8 Å². The van der Waals surface area contributed by atoms with Crippen LogP contribution in [0.2, 0.25) is 0 Å². The first kappa shape index (κ1) is 18.6. The van der Waals surface area contributed by atoms with Crippen molar-refractivity contribution in [2.45, 2.75) is 38.5 Å². The van der Waals surface area contributed by atoms with Gasteiger partial charge in [0.05, 0.1) is 25.9 Å². The number of carbonyl (C=O) groups is 1. The summed E-state index contributed by atoms with van der Waals surface area (Å²) in [5.74, 6) is -0.283. The van der Waals surface area contributed by atoms with Crippen LogP contribution in [0.3, 0.4) is 0 Å². The van der Waals surface area contributed by atoms with E-state index < -0.39 is 0 Å². The lowest BCUT2D eigenvalue weighted by atomic mass is 9.96. The Morgan fingerprint density at radius 1 is 1.20 bits per heavy atom. The minimum Gasteiger partial charge on any atom is -0.465 e. The maximum Gasteiger partial charge on any atom is 0.341 e. The number of hydrogen-bond acceptors (Lipinski definition) is 6. The van der Waals surface area contributed by atoms with Gasteiger partial charge in [-0.3, -0.25) is 5.43 Å². The Balaban J connectivity index is 1.77. The zero-order valence-electron chi connectivity index (χ0n) is 14.6. The smallest absolute Gasteiger partial charge is 0.341 e. The third-order valence-electron chi connectivity index (χ3n) is 4.56. The van der Waals surface area contributed by atoms with E-state index in [4.69, 9.17) is 21.7 Å². The zero-order chi connectivity index (χ0) is 17.6. The minimum absolute atomic E-state index is 0.283. The molecule has 6 nitrogen and oxygen atoms in total. The van der Waals surface area contributed by atoms with Gasteiger partial charge in [-0.25, -0.2) is 9.80 Å². The number of thiocarbonyl (C=S) groups is 1. The predicted molar refractivity (Wildman–Crippen MR) is 103 cm³/mol. The van der Waals surface area contributed by atoms with Crippen molar-refractivity contribution in [2.75, 3.05) is 38.7 Å². The van der Waals surface area contributed by atoms with Crippen LogP contribution < -0.4 is 10.7 Å². The molecule has 1 aliphatic heterocycles. The van der Waals surface area contributed by atoms with Crippen LogP contribution >= 0.6 is 23.6 Å². The van der Waals surface area contributed by atoms with Crippen LogP contribution in [-0.4, -0.2) is 49.5 Å². The molecule has 0 unspecified atom stereocenters. The Bertz CT molecular complexity index is 627. The molecule has 25 heavy (non-hydrogen) atoms. The average molecular weight is 384 g/mol. The summed E-state index contributed by atoms with van der Waals surface area (Å²) in [4.78, 5) is 13.7. The van der Waals surface area contributed by atoms with Gasteiger partial charge in [0.2, 0.25) is 0 Å². The molecule has 0 amide bonds. The highest BCUT2D eigenvalue weighted by molar-refractivity contribution is 7.80. The second-order valence-electron chi connectivity index (χ2n) is 6.28. The van der Waals surface area contributed by atoms with Crippen LogP contribution in [0.4, 0.5) is 5.00 Å². The summed E-state index contributed by atoms with van der Waals surface area (Å²) < 4.78 is 10.4. The van der Waals surface area contributed by atoms with Crippen molar-refractivity contribution in [3.05, 3.63) is 16.0 Å². The largest absolute Gasteiger partial charge is 0.465 e. The number of morpholine rings is 1. The van der Waals surface area contributed by atoms with Gasteiger partial charge in [0.1, 0.15) is 5.00 Å². The van der Waals surface area contributed by atoms with Gasteiger partial charge in [-0.1, -0.05) is 12.8 Å². The van der Waals surface area contributed by atoms with Crippen molar-refractivity contribution in [1.29, 1.82) is 0 Å². The molecule has 2 N–H and O–H groups in total. The molecule has 0 bridgehead atoms. The van der Waals surface area contributed by atoms with Crippen molar-refractivity contribution in [2.24, 2.45) is 0 Å². The summed E-state index contributed by atoms with van der Waals surface area (Å²) >= 11 is 7.08. The maximum atomic E-state index is 12.4. The standard InChI is InChI=1S/C17H25N3O3S2/c1-22-16(21)14-12-6-4-2-3-5-7-13(12)25-15(14)18-17(24)19-20-8-10-23-11-9-20/h2-11H2,1H3,(H2,18,19,24). The Hall–Kier alpha value is -1.22. The lowest BCUT2D eigenvalue weighted by Gasteiger charge is -2.28. The highest BCUT2D eigenvalue weighted by atomic mass is 32.1. The third-order valence-corrected chi connectivity index (χ3v) is 5.96. The molecule has 1 aliphatic carbocycles. The van der Waals surface area contributed by atoms with Crippen LogP contribution in [0, 0.1) is 0 Å². The van der Waals surface area contributed by atoms with Crippen LogP contribution in [0.1, 0.15) is 46.5 Å². The van der Waals surface area contributed by atoms with Gasteiger partial charge >= 0.3 is 5.97 Å². The molecule has 0 aromatic carbocycles. The van der Waals surface area contributed by atoms with E-state index in [0.717, 1.165) is 42.9 Å². The number of methoxy groups -OCH3 is 1. The van der Waals surface area contributed by atoms with Gasteiger partial charge in [0, 0.05) is 18.0 Å². The van der Waals surface area contributed by atoms with E-state index in [-0.39, 0.29) is 5.97 Å². The molecule has 1 aromatic heterocycles. The number of thiophene rings is 1. The van der Waals surface area contributed by atoms with E-state index in [1.165, 1.54) is 31.2 Å². The summed E-state index contributed by atoms with van der Waals surface area (Å²) in [7, 11) is 1.43. The first-order valence-electron chi connectivity index (χ1n) is 8.82. The van der Waals surface area contributed by atoms with Crippen molar-refractivity contribution >= 4 is 39.6 Å². The number of anilines is 1. The molecule has 8 heteroatoms. The number of hydrogen-bond donors (Lipinski definition) is 2. The summed E-state index contributed by atoms with van der Waals surface area (Å²) in [6, 6.07) is 0. The lowest BCUT2D eigenvalue weighted by Crippen LogP contribution is -2.49. The molecule has 2 heterocycles. The van der Waals surface area contributed by atoms with E-state index >= 15 is 0 Å². The SMILES string of the molecule is COC(=O)c1c(NC(=S)NN2CCOCC2)sc2c1CCCCCC2. The molecule has 0 radical (unpaired) electrons. The van der Waals surface area contributed by atoms with Gasteiger partial charge < -0.3 is 14.8 Å². The molecule has 3 rings (SSSR count). The van der Waals surface area contributed by atoms with Crippen LogP contribution in [-0.2, 0) is 22.3 Å². The summed E-state index contributed by atoms with van der Waals surface area (Å²) in [5.41, 5.74) is 4.99.